The molecule has 2 N–H and O–H groups in total. The Kier molecular flexibility index (Phi) is 3.26. The molecule has 24 heavy (non-hydrogen) atoms. The number of aryl methyl sites for hydroxylation is 2. The highest BCUT2D eigenvalue weighted by atomic mass is 16.2. The maximum Gasteiger partial charge on any atom is 0.261 e. The zero-order chi connectivity index (χ0) is 16.8. The van der Waals surface area contributed by atoms with Gasteiger partial charge in [0.1, 0.15) is 11.4 Å². The standard InChI is InChI=1S/C18H18N4O2/c1-10-7-16(23)13(9-19-10)18(24)20-12-5-6-15-14(8-12)21-17(22(15)2)11-3-4-11/h5-9,11H,3-4H2,1-2H3,(H,19,23)(H,20,24). The molecule has 0 radical (unpaired) electrons. The molecule has 0 atom stereocenters. The zero-order valence-corrected chi connectivity index (χ0v) is 13.6. The molecular weight excluding hydrogens is 304 g/mol. The molecule has 2 heterocycles. The summed E-state index contributed by atoms with van der Waals surface area (Å²) in [6.45, 7) is 1.77. The van der Waals surface area contributed by atoms with Gasteiger partial charge in [-0.2, -0.15) is 0 Å². The highest BCUT2D eigenvalue weighted by molar-refractivity contribution is 6.04. The number of nitrogens with one attached hydrogen (secondary N) is 2. The highest BCUT2D eigenvalue weighted by Gasteiger charge is 2.28. The molecule has 3 aromatic rings. The molecule has 1 amide bonds. The molecule has 0 aliphatic heterocycles. The fourth-order valence-corrected chi connectivity index (χ4v) is 2.95. The summed E-state index contributed by atoms with van der Waals surface area (Å²) in [5.74, 6) is 1.24. The van der Waals surface area contributed by atoms with Gasteiger partial charge >= 0.3 is 0 Å². The van der Waals surface area contributed by atoms with E-state index in [2.05, 4.69) is 19.9 Å². The topological polar surface area (TPSA) is 79.8 Å². The molecule has 2 aromatic heterocycles. The van der Waals surface area contributed by atoms with Gasteiger partial charge in [-0.3, -0.25) is 9.59 Å². The minimum Gasteiger partial charge on any atom is -0.364 e. The summed E-state index contributed by atoms with van der Waals surface area (Å²) in [7, 11) is 2.02. The molecule has 1 fully saturated rings. The van der Waals surface area contributed by atoms with E-state index in [0.29, 0.717) is 11.6 Å². The van der Waals surface area contributed by atoms with Crippen LogP contribution >= 0.6 is 0 Å². The SMILES string of the molecule is Cc1cc(=O)c(C(=O)Nc2ccc3c(c2)nc(C2CC2)n3C)c[nH]1. The minimum atomic E-state index is -0.422. The second-order valence-corrected chi connectivity index (χ2v) is 6.35. The second-order valence-electron chi connectivity index (χ2n) is 6.35. The number of pyridine rings is 1. The van der Waals surface area contributed by atoms with E-state index in [1.165, 1.54) is 25.1 Å². The third kappa shape index (κ3) is 2.50. The number of nitrogens with zero attached hydrogens (tertiary/aromatic N) is 2. The van der Waals surface area contributed by atoms with E-state index in [4.69, 9.17) is 0 Å². The van der Waals surface area contributed by atoms with Crippen molar-refractivity contribution in [3.63, 3.8) is 0 Å². The zero-order valence-electron chi connectivity index (χ0n) is 13.6. The fraction of sp³-hybridized carbons (Fsp3) is 0.278. The Morgan fingerprint density at radius 3 is 2.83 bits per heavy atom. The fourth-order valence-electron chi connectivity index (χ4n) is 2.95. The molecular formula is C18H18N4O2. The number of H-pyrrole nitrogens is 1. The van der Waals surface area contributed by atoms with E-state index in [1.807, 2.05) is 25.2 Å². The first-order chi connectivity index (χ1) is 11.5. The molecule has 6 heteroatoms. The summed E-state index contributed by atoms with van der Waals surface area (Å²) in [6.07, 6.45) is 3.82. The summed E-state index contributed by atoms with van der Waals surface area (Å²) >= 11 is 0. The van der Waals surface area contributed by atoms with Crippen LogP contribution in [0.4, 0.5) is 5.69 Å². The second kappa shape index (κ2) is 5.33. The Morgan fingerprint density at radius 1 is 1.33 bits per heavy atom. The first-order valence-electron chi connectivity index (χ1n) is 8.00. The molecule has 4 rings (SSSR count). The van der Waals surface area contributed by atoms with E-state index >= 15 is 0 Å². The first-order valence-corrected chi connectivity index (χ1v) is 8.00. The first kappa shape index (κ1) is 14.7. The number of imidazole rings is 1. The van der Waals surface area contributed by atoms with Gasteiger partial charge in [-0.1, -0.05) is 0 Å². The monoisotopic (exact) mass is 322 g/mol. The molecule has 0 spiro atoms. The van der Waals surface area contributed by atoms with Crippen LogP contribution in [-0.4, -0.2) is 20.4 Å². The number of benzene rings is 1. The van der Waals surface area contributed by atoms with Crippen LogP contribution in [0.2, 0.25) is 0 Å². The molecule has 0 bridgehead atoms. The van der Waals surface area contributed by atoms with E-state index < -0.39 is 5.91 Å². The van der Waals surface area contributed by atoms with Crippen molar-refractivity contribution in [2.45, 2.75) is 25.7 Å². The summed E-state index contributed by atoms with van der Waals surface area (Å²) in [6, 6.07) is 7.05. The van der Waals surface area contributed by atoms with Gasteiger partial charge in [0.25, 0.3) is 5.91 Å². The van der Waals surface area contributed by atoms with E-state index in [-0.39, 0.29) is 11.0 Å². The average molecular weight is 322 g/mol. The number of aromatic nitrogens is 3. The van der Waals surface area contributed by atoms with Crippen LogP contribution in [0.5, 0.6) is 0 Å². The number of fused-ring (bicyclic) bond motifs is 1. The molecule has 1 aliphatic carbocycles. The van der Waals surface area contributed by atoms with E-state index in [0.717, 1.165) is 22.6 Å². The Bertz CT molecular complexity index is 1010. The third-order valence-electron chi connectivity index (χ3n) is 4.42. The van der Waals surface area contributed by atoms with Crippen LogP contribution in [0.25, 0.3) is 11.0 Å². The minimum absolute atomic E-state index is 0.0976. The maximum atomic E-state index is 12.3. The van der Waals surface area contributed by atoms with Gasteiger partial charge < -0.3 is 14.9 Å². The van der Waals surface area contributed by atoms with E-state index in [1.54, 1.807) is 6.92 Å². The molecule has 122 valence electrons. The maximum absolute atomic E-state index is 12.3. The van der Waals surface area contributed by atoms with Crippen molar-refractivity contribution in [1.82, 2.24) is 14.5 Å². The van der Waals surface area contributed by atoms with Crippen molar-refractivity contribution >= 4 is 22.6 Å². The molecule has 1 saturated carbocycles. The lowest BCUT2D eigenvalue weighted by atomic mass is 10.2. The van der Waals surface area contributed by atoms with Crippen molar-refractivity contribution in [2.24, 2.45) is 7.05 Å². The number of carbonyl (C=O) groups is 1. The number of hydrogen-bond acceptors (Lipinski definition) is 3. The number of aromatic amines is 1. The molecule has 1 aromatic carbocycles. The largest absolute Gasteiger partial charge is 0.364 e. The number of carbonyl (C=O) groups excluding carboxylic acids is 1. The number of amides is 1. The van der Waals surface area contributed by atoms with Crippen molar-refractivity contribution in [1.29, 1.82) is 0 Å². The van der Waals surface area contributed by atoms with Gasteiger partial charge in [0.15, 0.2) is 5.43 Å². The number of hydrogen-bond donors (Lipinski definition) is 2. The average Bonchev–Trinajstić information content (AvgIpc) is 3.32. The molecule has 6 nitrogen and oxygen atoms in total. The van der Waals surface area contributed by atoms with Crippen LogP contribution < -0.4 is 10.7 Å². The van der Waals surface area contributed by atoms with Gasteiger partial charge in [-0.25, -0.2) is 4.98 Å². The Morgan fingerprint density at radius 2 is 2.12 bits per heavy atom. The predicted molar refractivity (Wildman–Crippen MR) is 92.4 cm³/mol. The van der Waals surface area contributed by atoms with Crippen LogP contribution in [0, 0.1) is 6.92 Å². The predicted octanol–water partition coefficient (Wildman–Crippen LogP) is 2.70. The lowest BCUT2D eigenvalue weighted by molar-refractivity contribution is 0.102. The van der Waals surface area contributed by atoms with Crippen molar-refractivity contribution < 1.29 is 4.79 Å². The van der Waals surface area contributed by atoms with Crippen LogP contribution in [0.15, 0.2) is 35.3 Å². The van der Waals surface area contributed by atoms with Crippen molar-refractivity contribution in [3.8, 4) is 0 Å². The van der Waals surface area contributed by atoms with Crippen LogP contribution in [0.1, 0.15) is 40.6 Å². The number of anilines is 1. The molecule has 0 saturated heterocycles. The van der Waals surface area contributed by atoms with Crippen LogP contribution in [-0.2, 0) is 7.05 Å². The highest BCUT2D eigenvalue weighted by Crippen LogP contribution is 2.40. The Labute approximate surface area is 138 Å². The Balaban J connectivity index is 1.64. The molecule has 1 aliphatic rings. The quantitative estimate of drug-likeness (QED) is 0.778. The van der Waals surface area contributed by atoms with Crippen LogP contribution in [0.3, 0.4) is 0 Å². The van der Waals surface area contributed by atoms with Gasteiger partial charge in [0.05, 0.1) is 11.0 Å². The normalized spacial score (nSPS) is 14.1. The van der Waals surface area contributed by atoms with Gasteiger partial charge in [0, 0.05) is 36.6 Å². The number of rotatable bonds is 3. The summed E-state index contributed by atoms with van der Waals surface area (Å²) < 4.78 is 2.11. The van der Waals surface area contributed by atoms with Gasteiger partial charge in [-0.05, 0) is 38.0 Å². The lowest BCUT2D eigenvalue weighted by Crippen LogP contribution is -2.21. The third-order valence-corrected chi connectivity index (χ3v) is 4.42. The summed E-state index contributed by atoms with van der Waals surface area (Å²) in [4.78, 5) is 31.8. The Hall–Kier alpha value is -2.89. The van der Waals surface area contributed by atoms with Gasteiger partial charge in [-0.15, -0.1) is 0 Å². The molecule has 0 unspecified atom stereocenters. The lowest BCUT2D eigenvalue weighted by Gasteiger charge is -2.05. The van der Waals surface area contributed by atoms with Gasteiger partial charge in [0.2, 0.25) is 0 Å². The smallest absolute Gasteiger partial charge is 0.261 e. The summed E-state index contributed by atoms with van der Waals surface area (Å²) in [5.41, 5.74) is 3.06. The van der Waals surface area contributed by atoms with Crippen molar-refractivity contribution in [2.75, 3.05) is 5.32 Å². The van der Waals surface area contributed by atoms with Crippen molar-refractivity contribution in [3.05, 3.63) is 57.8 Å². The van der Waals surface area contributed by atoms with E-state index in [9.17, 15) is 9.59 Å². The summed E-state index contributed by atoms with van der Waals surface area (Å²) in [5, 5.41) is 2.78.